The summed E-state index contributed by atoms with van der Waals surface area (Å²) in [6.07, 6.45) is -8.29. The van der Waals surface area contributed by atoms with Crippen LogP contribution >= 0.6 is 0 Å². The molecule has 1 aromatic heterocycles. The number of sulfonamides is 1. The third-order valence-corrected chi connectivity index (χ3v) is 6.17. The van der Waals surface area contributed by atoms with Crippen LogP contribution in [0, 0.1) is 0 Å². The van der Waals surface area contributed by atoms with Crippen LogP contribution < -0.4 is 0 Å². The lowest BCUT2D eigenvalue weighted by Crippen LogP contribution is -2.31. The van der Waals surface area contributed by atoms with Crippen molar-refractivity contribution >= 4 is 10.0 Å². The summed E-state index contributed by atoms with van der Waals surface area (Å²) in [5.74, 6) is 0.111. The van der Waals surface area contributed by atoms with E-state index in [1.807, 2.05) is 0 Å². The summed E-state index contributed by atoms with van der Waals surface area (Å²) < 4.78 is 111. The van der Waals surface area contributed by atoms with Crippen LogP contribution in [0.15, 0.2) is 76.2 Å². The van der Waals surface area contributed by atoms with E-state index in [9.17, 15) is 34.8 Å². The molecular weight excluding hydrogens is 448 g/mol. The van der Waals surface area contributed by atoms with E-state index in [4.69, 9.17) is 4.42 Å². The summed E-state index contributed by atoms with van der Waals surface area (Å²) in [5, 5.41) is 0. The van der Waals surface area contributed by atoms with Crippen molar-refractivity contribution in [2.45, 2.75) is 30.3 Å². The zero-order chi connectivity index (χ0) is 22.9. The molecule has 0 spiro atoms. The smallest absolute Gasteiger partial charge is 0.416 e. The fraction of sp³-hybridized carbons (Fsp3) is 0.200. The molecule has 0 amide bonds. The molecule has 166 valence electrons. The number of halogens is 6. The van der Waals surface area contributed by atoms with E-state index in [0.717, 1.165) is 30.3 Å². The normalized spacial score (nSPS) is 13.0. The van der Waals surface area contributed by atoms with Gasteiger partial charge >= 0.3 is 12.4 Å². The molecule has 0 radical (unpaired) electrons. The van der Waals surface area contributed by atoms with E-state index in [2.05, 4.69) is 0 Å². The number of hydrogen-bond acceptors (Lipinski definition) is 3. The molecule has 0 fully saturated rings. The van der Waals surface area contributed by atoms with Crippen molar-refractivity contribution in [1.29, 1.82) is 0 Å². The predicted molar refractivity (Wildman–Crippen MR) is 98.0 cm³/mol. The molecule has 0 saturated heterocycles. The fourth-order valence-electron chi connectivity index (χ4n) is 2.91. The van der Waals surface area contributed by atoms with Gasteiger partial charge in [0.2, 0.25) is 10.0 Å². The average Bonchev–Trinajstić information content (AvgIpc) is 3.20. The minimum atomic E-state index is -4.79. The van der Waals surface area contributed by atoms with E-state index < -0.39 is 51.5 Å². The first-order valence-electron chi connectivity index (χ1n) is 8.74. The quantitative estimate of drug-likeness (QED) is 0.440. The Morgan fingerprint density at radius 1 is 0.806 bits per heavy atom. The van der Waals surface area contributed by atoms with Crippen LogP contribution in [0.1, 0.15) is 22.5 Å². The number of furan rings is 1. The standard InChI is InChI=1S/C20H15F6NO3S/c21-19(22,23)15-6-3-8-17(11-15)31(28,29)27(13-16-7-4-10-30-16)12-14-5-1-2-9-18(14)20(24,25)26/h1-11H,12-13H2. The molecule has 0 aliphatic heterocycles. The lowest BCUT2D eigenvalue weighted by Gasteiger charge is -2.23. The summed E-state index contributed by atoms with van der Waals surface area (Å²) in [5.41, 5.74) is -2.59. The molecule has 11 heteroatoms. The molecule has 3 rings (SSSR count). The third kappa shape index (κ3) is 5.28. The highest BCUT2D eigenvalue weighted by molar-refractivity contribution is 7.89. The van der Waals surface area contributed by atoms with Crippen LogP contribution in [0.25, 0.3) is 0 Å². The van der Waals surface area contributed by atoms with Gasteiger partial charge in [-0.15, -0.1) is 0 Å². The molecule has 0 unspecified atom stereocenters. The van der Waals surface area contributed by atoms with Gasteiger partial charge in [0.05, 0.1) is 28.8 Å². The number of rotatable bonds is 6. The SMILES string of the molecule is O=S(=O)(c1cccc(C(F)(F)F)c1)N(Cc1ccco1)Cc1ccccc1C(F)(F)F. The number of alkyl halides is 6. The van der Waals surface area contributed by atoms with Crippen LogP contribution in [-0.2, 0) is 35.5 Å². The maximum absolute atomic E-state index is 13.4. The van der Waals surface area contributed by atoms with Gasteiger partial charge in [0, 0.05) is 6.54 Å². The van der Waals surface area contributed by atoms with Gasteiger partial charge in [0.15, 0.2) is 0 Å². The lowest BCUT2D eigenvalue weighted by molar-refractivity contribution is -0.139. The van der Waals surface area contributed by atoms with Crippen molar-refractivity contribution in [1.82, 2.24) is 4.31 Å². The van der Waals surface area contributed by atoms with Crippen molar-refractivity contribution in [3.8, 4) is 0 Å². The Morgan fingerprint density at radius 3 is 2.13 bits per heavy atom. The van der Waals surface area contributed by atoms with E-state index in [-0.39, 0.29) is 11.3 Å². The van der Waals surface area contributed by atoms with E-state index in [0.29, 0.717) is 16.4 Å². The van der Waals surface area contributed by atoms with Gasteiger partial charge < -0.3 is 4.42 Å². The Hall–Kier alpha value is -2.79. The predicted octanol–water partition coefficient (Wildman–Crippen LogP) is 5.71. The minimum absolute atomic E-state index is 0.111. The maximum Gasteiger partial charge on any atom is 0.416 e. The van der Waals surface area contributed by atoms with Crippen molar-refractivity contribution in [3.05, 3.63) is 89.4 Å². The Labute approximate surface area is 173 Å². The molecule has 0 N–H and O–H groups in total. The first-order valence-corrected chi connectivity index (χ1v) is 10.2. The van der Waals surface area contributed by atoms with Gasteiger partial charge in [0.1, 0.15) is 5.76 Å². The minimum Gasteiger partial charge on any atom is -0.468 e. The molecule has 0 saturated carbocycles. The van der Waals surface area contributed by atoms with Crippen LogP contribution in [0.2, 0.25) is 0 Å². The summed E-state index contributed by atoms with van der Waals surface area (Å²) >= 11 is 0. The van der Waals surface area contributed by atoms with Gasteiger partial charge in [-0.25, -0.2) is 8.42 Å². The molecular formula is C20H15F6NO3S. The molecule has 4 nitrogen and oxygen atoms in total. The summed E-state index contributed by atoms with van der Waals surface area (Å²) in [6.45, 7) is -1.20. The molecule has 31 heavy (non-hydrogen) atoms. The highest BCUT2D eigenvalue weighted by atomic mass is 32.2. The van der Waals surface area contributed by atoms with Gasteiger partial charge in [0.25, 0.3) is 0 Å². The van der Waals surface area contributed by atoms with Crippen LogP contribution in [0.3, 0.4) is 0 Å². The van der Waals surface area contributed by atoms with Crippen molar-refractivity contribution in [3.63, 3.8) is 0 Å². The molecule has 0 atom stereocenters. The molecule has 0 bridgehead atoms. The summed E-state index contributed by atoms with van der Waals surface area (Å²) in [7, 11) is -4.61. The summed E-state index contributed by atoms with van der Waals surface area (Å²) in [6, 6.07) is 10.3. The van der Waals surface area contributed by atoms with Crippen LogP contribution in [0.5, 0.6) is 0 Å². The molecule has 2 aromatic carbocycles. The zero-order valence-corrected chi connectivity index (χ0v) is 16.4. The largest absolute Gasteiger partial charge is 0.468 e. The molecule has 0 aliphatic rings. The zero-order valence-electron chi connectivity index (χ0n) is 15.6. The maximum atomic E-state index is 13.4. The van der Waals surface area contributed by atoms with Crippen molar-refractivity contribution in [2.75, 3.05) is 0 Å². The Morgan fingerprint density at radius 2 is 1.52 bits per heavy atom. The average molecular weight is 463 g/mol. The highest BCUT2D eigenvalue weighted by Gasteiger charge is 2.36. The second-order valence-corrected chi connectivity index (χ2v) is 8.47. The molecule has 0 aliphatic carbocycles. The Kier molecular flexibility index (Phi) is 6.19. The van der Waals surface area contributed by atoms with Crippen LogP contribution in [-0.4, -0.2) is 12.7 Å². The first-order chi connectivity index (χ1) is 14.4. The monoisotopic (exact) mass is 463 g/mol. The number of benzene rings is 2. The van der Waals surface area contributed by atoms with Gasteiger partial charge in [-0.2, -0.15) is 30.6 Å². The lowest BCUT2D eigenvalue weighted by atomic mass is 10.1. The highest BCUT2D eigenvalue weighted by Crippen LogP contribution is 2.35. The third-order valence-electron chi connectivity index (χ3n) is 4.38. The topological polar surface area (TPSA) is 50.5 Å². The van der Waals surface area contributed by atoms with Crippen molar-refractivity contribution < 1.29 is 39.2 Å². The molecule has 3 aromatic rings. The second kappa shape index (κ2) is 8.39. The second-order valence-electron chi connectivity index (χ2n) is 6.53. The number of hydrogen-bond donors (Lipinski definition) is 0. The van der Waals surface area contributed by atoms with Crippen LogP contribution in [0.4, 0.5) is 26.3 Å². The van der Waals surface area contributed by atoms with E-state index in [1.165, 1.54) is 24.5 Å². The summed E-state index contributed by atoms with van der Waals surface area (Å²) in [4.78, 5) is -0.696. The number of nitrogens with zero attached hydrogens (tertiary/aromatic N) is 1. The fourth-order valence-corrected chi connectivity index (χ4v) is 4.34. The van der Waals surface area contributed by atoms with Gasteiger partial charge in [-0.3, -0.25) is 0 Å². The van der Waals surface area contributed by atoms with Gasteiger partial charge in [-0.05, 0) is 42.0 Å². The Balaban J connectivity index is 2.06. The van der Waals surface area contributed by atoms with Gasteiger partial charge in [-0.1, -0.05) is 24.3 Å². The van der Waals surface area contributed by atoms with E-state index in [1.54, 1.807) is 0 Å². The van der Waals surface area contributed by atoms with Crippen molar-refractivity contribution in [2.24, 2.45) is 0 Å². The first kappa shape index (κ1) is 22.9. The Bertz CT molecular complexity index is 1140. The van der Waals surface area contributed by atoms with E-state index >= 15 is 0 Å². The molecule has 1 heterocycles.